The number of hydrogen-bond donors (Lipinski definition) is 1. The Bertz CT molecular complexity index is 497. The SMILES string of the molecule is CN(Cc1cccs1)c1ncc(CNC(C)(C)C)s1. The molecule has 1 N–H and O–H groups in total. The summed E-state index contributed by atoms with van der Waals surface area (Å²) in [6.45, 7) is 8.35. The van der Waals surface area contributed by atoms with Crippen molar-refractivity contribution in [3.8, 4) is 0 Å². The lowest BCUT2D eigenvalue weighted by molar-refractivity contribution is 0.426. The normalized spacial score (nSPS) is 11.8. The maximum atomic E-state index is 4.51. The van der Waals surface area contributed by atoms with Crippen LogP contribution in [0.15, 0.2) is 23.7 Å². The highest BCUT2D eigenvalue weighted by molar-refractivity contribution is 7.15. The van der Waals surface area contributed by atoms with Gasteiger partial charge in [0.15, 0.2) is 5.13 Å². The maximum Gasteiger partial charge on any atom is 0.185 e. The summed E-state index contributed by atoms with van der Waals surface area (Å²) in [6.07, 6.45) is 1.98. The fourth-order valence-corrected chi connectivity index (χ4v) is 3.18. The minimum atomic E-state index is 0.146. The van der Waals surface area contributed by atoms with Crippen molar-refractivity contribution in [2.45, 2.75) is 39.4 Å². The van der Waals surface area contributed by atoms with Crippen LogP contribution in [0.25, 0.3) is 0 Å². The van der Waals surface area contributed by atoms with Crippen LogP contribution in [0.4, 0.5) is 5.13 Å². The topological polar surface area (TPSA) is 28.2 Å². The van der Waals surface area contributed by atoms with Gasteiger partial charge in [-0.25, -0.2) is 4.98 Å². The molecule has 0 unspecified atom stereocenters. The molecule has 2 aromatic rings. The molecule has 3 nitrogen and oxygen atoms in total. The van der Waals surface area contributed by atoms with Crippen LogP contribution in [0.1, 0.15) is 30.5 Å². The minimum absolute atomic E-state index is 0.146. The van der Waals surface area contributed by atoms with Crippen LogP contribution >= 0.6 is 22.7 Å². The van der Waals surface area contributed by atoms with E-state index in [0.717, 1.165) is 18.2 Å². The molecule has 2 aromatic heterocycles. The Hall–Kier alpha value is -0.910. The molecule has 0 amide bonds. The van der Waals surface area contributed by atoms with Crippen LogP contribution in [0.3, 0.4) is 0 Å². The number of anilines is 1. The maximum absolute atomic E-state index is 4.51. The Morgan fingerprint density at radius 1 is 1.32 bits per heavy atom. The van der Waals surface area contributed by atoms with Gasteiger partial charge in [0.1, 0.15) is 0 Å². The molecule has 0 aliphatic carbocycles. The second-order valence-electron chi connectivity index (χ2n) is 5.65. The molecular weight excluding hydrogens is 274 g/mol. The van der Waals surface area contributed by atoms with E-state index in [0.29, 0.717) is 0 Å². The van der Waals surface area contributed by atoms with Crippen molar-refractivity contribution in [3.05, 3.63) is 33.5 Å². The van der Waals surface area contributed by atoms with E-state index in [1.54, 1.807) is 22.7 Å². The number of rotatable bonds is 5. The molecule has 2 heterocycles. The molecular formula is C14H21N3S2. The molecule has 0 fully saturated rings. The Morgan fingerprint density at radius 2 is 2.11 bits per heavy atom. The lowest BCUT2D eigenvalue weighted by Crippen LogP contribution is -2.34. The third-order valence-electron chi connectivity index (χ3n) is 2.63. The molecule has 0 atom stereocenters. The summed E-state index contributed by atoms with van der Waals surface area (Å²) >= 11 is 3.55. The fraction of sp³-hybridized carbons (Fsp3) is 0.500. The highest BCUT2D eigenvalue weighted by atomic mass is 32.1. The van der Waals surface area contributed by atoms with Crippen molar-refractivity contribution in [2.75, 3.05) is 11.9 Å². The average Bonchev–Trinajstić information content (AvgIpc) is 2.95. The molecule has 0 aliphatic heterocycles. The van der Waals surface area contributed by atoms with Gasteiger partial charge in [-0.1, -0.05) is 6.07 Å². The molecule has 0 aromatic carbocycles. The van der Waals surface area contributed by atoms with Crippen molar-refractivity contribution in [1.82, 2.24) is 10.3 Å². The first-order valence-electron chi connectivity index (χ1n) is 6.37. The zero-order valence-electron chi connectivity index (χ0n) is 11.9. The molecule has 2 rings (SSSR count). The molecule has 0 bridgehead atoms. The monoisotopic (exact) mass is 295 g/mol. The summed E-state index contributed by atoms with van der Waals surface area (Å²) in [7, 11) is 2.10. The van der Waals surface area contributed by atoms with E-state index in [1.165, 1.54) is 9.75 Å². The van der Waals surface area contributed by atoms with Crippen molar-refractivity contribution in [1.29, 1.82) is 0 Å². The second-order valence-corrected chi connectivity index (χ2v) is 7.77. The van der Waals surface area contributed by atoms with E-state index < -0.39 is 0 Å². The van der Waals surface area contributed by atoms with E-state index in [1.807, 2.05) is 6.20 Å². The lowest BCUT2D eigenvalue weighted by atomic mass is 10.1. The van der Waals surface area contributed by atoms with Gasteiger partial charge in [0.25, 0.3) is 0 Å². The summed E-state index contributed by atoms with van der Waals surface area (Å²) in [5.41, 5.74) is 0.146. The molecule has 0 saturated carbocycles. The predicted octanol–water partition coefficient (Wildman–Crippen LogP) is 3.73. The van der Waals surface area contributed by atoms with Crippen LogP contribution in [0, 0.1) is 0 Å². The number of aromatic nitrogens is 1. The highest BCUT2D eigenvalue weighted by Crippen LogP contribution is 2.24. The summed E-state index contributed by atoms with van der Waals surface area (Å²) in [6, 6.07) is 4.26. The molecule has 0 aliphatic rings. The first kappa shape index (κ1) is 14.5. The van der Waals surface area contributed by atoms with Crippen LogP contribution in [-0.4, -0.2) is 17.6 Å². The summed E-state index contributed by atoms with van der Waals surface area (Å²) in [5.74, 6) is 0. The summed E-state index contributed by atoms with van der Waals surface area (Å²) in [4.78, 5) is 9.36. The van der Waals surface area contributed by atoms with E-state index >= 15 is 0 Å². The molecule has 0 spiro atoms. The van der Waals surface area contributed by atoms with Gasteiger partial charge in [0, 0.05) is 35.1 Å². The second kappa shape index (κ2) is 6.03. The van der Waals surface area contributed by atoms with Crippen LogP contribution < -0.4 is 10.2 Å². The quantitative estimate of drug-likeness (QED) is 0.911. The largest absolute Gasteiger partial charge is 0.346 e. The van der Waals surface area contributed by atoms with Gasteiger partial charge in [-0.2, -0.15) is 0 Å². The Kier molecular flexibility index (Phi) is 4.60. The van der Waals surface area contributed by atoms with Gasteiger partial charge in [-0.3, -0.25) is 0 Å². The van der Waals surface area contributed by atoms with Crippen molar-refractivity contribution >= 4 is 27.8 Å². The average molecular weight is 295 g/mol. The minimum Gasteiger partial charge on any atom is -0.346 e. The van der Waals surface area contributed by atoms with Gasteiger partial charge in [0.2, 0.25) is 0 Å². The smallest absolute Gasteiger partial charge is 0.185 e. The molecule has 0 radical (unpaired) electrons. The molecule has 5 heteroatoms. The third-order valence-corrected chi connectivity index (χ3v) is 4.61. The van der Waals surface area contributed by atoms with Crippen LogP contribution in [0.5, 0.6) is 0 Å². The predicted molar refractivity (Wildman–Crippen MR) is 85.1 cm³/mol. The van der Waals surface area contributed by atoms with Crippen molar-refractivity contribution in [3.63, 3.8) is 0 Å². The van der Waals surface area contributed by atoms with E-state index in [-0.39, 0.29) is 5.54 Å². The Morgan fingerprint density at radius 3 is 2.74 bits per heavy atom. The van der Waals surface area contributed by atoms with Gasteiger partial charge in [-0.05, 0) is 32.2 Å². The van der Waals surface area contributed by atoms with E-state index in [4.69, 9.17) is 0 Å². The Balaban J connectivity index is 1.92. The standard InChI is InChI=1S/C14H21N3S2/c1-14(2,3)16-9-12-8-15-13(19-12)17(4)10-11-6-5-7-18-11/h5-8,16H,9-10H2,1-4H3. The van der Waals surface area contributed by atoms with Crippen molar-refractivity contribution < 1.29 is 0 Å². The van der Waals surface area contributed by atoms with Crippen molar-refractivity contribution in [2.24, 2.45) is 0 Å². The van der Waals surface area contributed by atoms with Gasteiger partial charge < -0.3 is 10.2 Å². The number of thiophene rings is 1. The molecule has 19 heavy (non-hydrogen) atoms. The lowest BCUT2D eigenvalue weighted by Gasteiger charge is -2.19. The molecule has 0 saturated heterocycles. The summed E-state index contributed by atoms with van der Waals surface area (Å²) < 4.78 is 0. The number of nitrogens with zero attached hydrogens (tertiary/aromatic N) is 2. The number of hydrogen-bond acceptors (Lipinski definition) is 5. The van der Waals surface area contributed by atoms with Gasteiger partial charge in [0.05, 0.1) is 6.54 Å². The van der Waals surface area contributed by atoms with Crippen LogP contribution in [-0.2, 0) is 13.1 Å². The third kappa shape index (κ3) is 4.60. The highest BCUT2D eigenvalue weighted by Gasteiger charge is 2.12. The summed E-state index contributed by atoms with van der Waals surface area (Å²) in [5, 5.41) is 6.69. The van der Waals surface area contributed by atoms with Crippen LogP contribution in [0.2, 0.25) is 0 Å². The zero-order chi connectivity index (χ0) is 13.9. The molecule has 104 valence electrons. The van der Waals surface area contributed by atoms with Gasteiger partial charge >= 0.3 is 0 Å². The van der Waals surface area contributed by atoms with Gasteiger partial charge in [-0.15, -0.1) is 22.7 Å². The zero-order valence-corrected chi connectivity index (χ0v) is 13.6. The van der Waals surface area contributed by atoms with E-state index in [2.05, 4.69) is 60.5 Å². The van der Waals surface area contributed by atoms with E-state index in [9.17, 15) is 0 Å². The Labute approximate surface area is 123 Å². The number of nitrogens with one attached hydrogen (secondary N) is 1. The number of thiazole rings is 1. The first-order valence-corrected chi connectivity index (χ1v) is 8.07. The fourth-order valence-electron chi connectivity index (χ4n) is 1.61. The first-order chi connectivity index (χ1) is 8.94.